The molecule has 2 aliphatic carbocycles. The zero-order valence-corrected chi connectivity index (χ0v) is 21.7. The maximum absolute atomic E-state index is 11.6. The standard InChI is InChI=1S/C25H46O4Si/c1-17(15-19(26)16-18(2)23(27)28-7)20-12-13-21-22(11-10-14-25(20,21)6)29-30(8,9)24(3,4)5/h17,19-22,26H,2,10-16H2,1,3-9H3/t17-,19-,20-,21?,22?,25+/m1/s1. The molecule has 0 spiro atoms. The number of ether oxygens (including phenoxy) is 1. The van der Waals surface area contributed by atoms with Gasteiger partial charge in [-0.25, -0.2) is 4.79 Å². The zero-order valence-electron chi connectivity index (χ0n) is 20.7. The van der Waals surface area contributed by atoms with E-state index in [1.807, 2.05) is 0 Å². The van der Waals surface area contributed by atoms with Gasteiger partial charge in [-0.3, -0.25) is 0 Å². The molecule has 4 nitrogen and oxygen atoms in total. The summed E-state index contributed by atoms with van der Waals surface area (Å²) in [6.45, 7) is 20.2. The number of fused-ring (bicyclic) bond motifs is 1. The first-order valence-electron chi connectivity index (χ1n) is 11.8. The van der Waals surface area contributed by atoms with Gasteiger partial charge in [-0.05, 0) is 73.4 Å². The minimum atomic E-state index is -1.79. The van der Waals surface area contributed by atoms with E-state index in [1.54, 1.807) is 0 Å². The van der Waals surface area contributed by atoms with E-state index in [2.05, 4.69) is 54.3 Å². The maximum Gasteiger partial charge on any atom is 0.333 e. The third kappa shape index (κ3) is 5.39. The van der Waals surface area contributed by atoms with Gasteiger partial charge in [0.15, 0.2) is 8.32 Å². The summed E-state index contributed by atoms with van der Waals surface area (Å²) in [5.74, 6) is 1.20. The predicted molar refractivity (Wildman–Crippen MR) is 126 cm³/mol. The van der Waals surface area contributed by atoms with Crippen LogP contribution in [0.15, 0.2) is 12.2 Å². The fourth-order valence-corrected chi connectivity index (χ4v) is 7.37. The van der Waals surface area contributed by atoms with E-state index in [1.165, 1.54) is 39.2 Å². The molecule has 1 N–H and O–H groups in total. The monoisotopic (exact) mass is 438 g/mol. The van der Waals surface area contributed by atoms with Gasteiger partial charge in [0.2, 0.25) is 0 Å². The van der Waals surface area contributed by atoms with Crippen molar-refractivity contribution >= 4 is 14.3 Å². The Hall–Kier alpha value is -0.653. The number of carbonyl (C=O) groups is 1. The summed E-state index contributed by atoms with van der Waals surface area (Å²) in [6.07, 6.45) is 6.96. The van der Waals surface area contributed by atoms with E-state index < -0.39 is 20.4 Å². The second-order valence-corrected chi connectivity index (χ2v) is 16.5. The largest absolute Gasteiger partial charge is 0.466 e. The summed E-state index contributed by atoms with van der Waals surface area (Å²) in [5, 5.41) is 10.8. The lowest BCUT2D eigenvalue weighted by Gasteiger charge is -2.50. The highest BCUT2D eigenvalue weighted by Gasteiger charge is 2.54. The van der Waals surface area contributed by atoms with E-state index in [0.717, 1.165) is 0 Å². The third-order valence-corrected chi connectivity index (χ3v) is 13.2. The van der Waals surface area contributed by atoms with Gasteiger partial charge in [-0.1, -0.05) is 47.6 Å². The Morgan fingerprint density at radius 1 is 1.27 bits per heavy atom. The van der Waals surface area contributed by atoms with Gasteiger partial charge in [0, 0.05) is 18.1 Å². The molecule has 6 atom stereocenters. The zero-order chi connectivity index (χ0) is 22.9. The lowest BCUT2D eigenvalue weighted by molar-refractivity contribution is -0.136. The Bertz CT molecular complexity index is 623. The van der Waals surface area contributed by atoms with Crippen molar-refractivity contribution in [1.29, 1.82) is 0 Å². The maximum atomic E-state index is 11.6. The van der Waals surface area contributed by atoms with Crippen molar-refractivity contribution < 1.29 is 19.1 Å². The van der Waals surface area contributed by atoms with Gasteiger partial charge >= 0.3 is 5.97 Å². The smallest absolute Gasteiger partial charge is 0.333 e. The Morgan fingerprint density at radius 3 is 2.47 bits per heavy atom. The molecule has 0 aromatic carbocycles. The molecule has 5 heteroatoms. The van der Waals surface area contributed by atoms with Crippen LogP contribution in [0.25, 0.3) is 0 Å². The summed E-state index contributed by atoms with van der Waals surface area (Å²) in [6, 6.07) is 0. The van der Waals surface area contributed by atoms with Crippen LogP contribution in [0.3, 0.4) is 0 Å². The Labute approximate surface area is 185 Å². The first-order chi connectivity index (χ1) is 13.7. The molecule has 0 aliphatic heterocycles. The fraction of sp³-hybridized carbons (Fsp3) is 0.880. The topological polar surface area (TPSA) is 55.8 Å². The number of esters is 1. The normalized spacial score (nSPS) is 31.7. The van der Waals surface area contributed by atoms with Gasteiger partial charge in [0.25, 0.3) is 0 Å². The van der Waals surface area contributed by atoms with Crippen molar-refractivity contribution in [3.05, 3.63) is 12.2 Å². The summed E-state index contributed by atoms with van der Waals surface area (Å²) in [5.41, 5.74) is 0.636. The van der Waals surface area contributed by atoms with E-state index in [9.17, 15) is 9.90 Å². The quantitative estimate of drug-likeness (QED) is 0.283. The predicted octanol–water partition coefficient (Wildman–Crippen LogP) is 6.10. The Kier molecular flexibility index (Phi) is 8.07. The molecule has 2 rings (SSSR count). The molecule has 0 amide bonds. The molecular formula is C25H46O4Si. The molecule has 2 fully saturated rings. The number of hydrogen-bond acceptors (Lipinski definition) is 4. The van der Waals surface area contributed by atoms with Crippen LogP contribution in [-0.2, 0) is 14.0 Å². The first kappa shape index (κ1) is 25.6. The number of hydrogen-bond donors (Lipinski definition) is 1. The molecule has 0 saturated heterocycles. The van der Waals surface area contributed by atoms with Crippen LogP contribution in [0.2, 0.25) is 18.1 Å². The molecule has 0 radical (unpaired) electrons. The summed E-state index contributed by atoms with van der Waals surface area (Å²) < 4.78 is 11.7. The summed E-state index contributed by atoms with van der Waals surface area (Å²) in [7, 11) is -0.432. The molecule has 0 heterocycles. The van der Waals surface area contributed by atoms with Crippen molar-refractivity contribution in [3.8, 4) is 0 Å². The van der Waals surface area contributed by atoms with Gasteiger partial charge in [-0.2, -0.15) is 0 Å². The Morgan fingerprint density at radius 2 is 1.90 bits per heavy atom. The van der Waals surface area contributed by atoms with Crippen LogP contribution in [0.4, 0.5) is 0 Å². The second-order valence-electron chi connectivity index (χ2n) is 11.8. The minimum Gasteiger partial charge on any atom is -0.466 e. The number of methoxy groups -OCH3 is 1. The summed E-state index contributed by atoms with van der Waals surface area (Å²) >= 11 is 0. The number of aliphatic hydroxyl groups excluding tert-OH is 1. The van der Waals surface area contributed by atoms with E-state index in [0.29, 0.717) is 42.3 Å². The molecule has 2 unspecified atom stereocenters. The average Bonchev–Trinajstić information content (AvgIpc) is 2.97. The van der Waals surface area contributed by atoms with Gasteiger partial charge < -0.3 is 14.3 Å². The lowest BCUT2D eigenvalue weighted by Crippen LogP contribution is -2.50. The van der Waals surface area contributed by atoms with Crippen LogP contribution in [-0.4, -0.2) is 38.7 Å². The van der Waals surface area contributed by atoms with E-state index in [4.69, 9.17) is 9.16 Å². The number of carbonyl (C=O) groups excluding carboxylic acids is 1. The molecule has 0 aromatic heterocycles. The lowest BCUT2D eigenvalue weighted by atomic mass is 9.61. The molecule has 2 aliphatic rings. The van der Waals surface area contributed by atoms with Crippen molar-refractivity contribution in [2.75, 3.05) is 7.11 Å². The number of aliphatic hydroxyl groups is 1. The SMILES string of the molecule is C=C(C[C@H](O)C[C@@H](C)[C@H]1CCC2C(O[Si](C)(C)C(C)(C)C)CCC[C@]21C)C(=O)OC. The van der Waals surface area contributed by atoms with Gasteiger partial charge in [0.1, 0.15) is 0 Å². The number of rotatable bonds is 8. The highest BCUT2D eigenvalue weighted by atomic mass is 28.4. The van der Waals surface area contributed by atoms with Crippen LogP contribution in [0.5, 0.6) is 0 Å². The molecular weight excluding hydrogens is 392 g/mol. The van der Waals surface area contributed by atoms with Crippen molar-refractivity contribution in [2.24, 2.45) is 23.2 Å². The van der Waals surface area contributed by atoms with Crippen LogP contribution < -0.4 is 0 Å². The van der Waals surface area contributed by atoms with Gasteiger partial charge in [-0.15, -0.1) is 0 Å². The average molecular weight is 439 g/mol. The van der Waals surface area contributed by atoms with E-state index >= 15 is 0 Å². The molecule has 2 saturated carbocycles. The molecule has 174 valence electrons. The highest BCUT2D eigenvalue weighted by molar-refractivity contribution is 6.74. The molecule has 0 bridgehead atoms. The minimum absolute atomic E-state index is 0.234. The second kappa shape index (κ2) is 9.46. The summed E-state index contributed by atoms with van der Waals surface area (Å²) in [4.78, 5) is 11.6. The van der Waals surface area contributed by atoms with Crippen LogP contribution in [0.1, 0.15) is 79.6 Å². The van der Waals surface area contributed by atoms with Crippen LogP contribution in [0, 0.1) is 23.2 Å². The van der Waals surface area contributed by atoms with Crippen molar-refractivity contribution in [1.82, 2.24) is 0 Å². The van der Waals surface area contributed by atoms with Crippen LogP contribution >= 0.6 is 0 Å². The van der Waals surface area contributed by atoms with Gasteiger partial charge in [0.05, 0.1) is 13.2 Å². The molecule has 30 heavy (non-hydrogen) atoms. The fourth-order valence-electron chi connectivity index (χ4n) is 5.98. The third-order valence-electron chi connectivity index (χ3n) is 8.67. The van der Waals surface area contributed by atoms with Crippen molar-refractivity contribution in [3.63, 3.8) is 0 Å². The van der Waals surface area contributed by atoms with Crippen molar-refractivity contribution in [2.45, 2.75) is 110 Å². The first-order valence-corrected chi connectivity index (χ1v) is 14.8. The molecule has 0 aromatic rings. The van der Waals surface area contributed by atoms with E-state index in [-0.39, 0.29) is 10.5 Å². The highest BCUT2D eigenvalue weighted by Crippen LogP contribution is 2.59. The Balaban J connectivity index is 2.05.